The van der Waals surface area contributed by atoms with Crippen LogP contribution in [-0.2, 0) is 0 Å². The molecule has 158 valence electrons. The molecule has 1 heterocycles. The maximum absolute atomic E-state index is 2.58. The number of rotatable bonds is 16. The molecule has 28 heavy (non-hydrogen) atoms. The molecule has 0 amide bonds. The molecule has 2 heteroatoms. The van der Waals surface area contributed by atoms with Gasteiger partial charge in [-0.2, -0.15) is 0 Å². The van der Waals surface area contributed by atoms with E-state index in [4.69, 9.17) is 0 Å². The minimum atomic E-state index is 0.505. The average Bonchev–Trinajstić information content (AvgIpc) is 3.13. The first kappa shape index (κ1) is 22.8. The van der Waals surface area contributed by atoms with Crippen LogP contribution in [0, 0.1) is 0 Å². The zero-order chi connectivity index (χ0) is 19.9. The van der Waals surface area contributed by atoms with Gasteiger partial charge in [0.05, 0.1) is 0 Å². The summed E-state index contributed by atoms with van der Waals surface area (Å²) in [5.74, 6) is 0. The van der Waals surface area contributed by atoms with Crippen LogP contribution >= 0.6 is 0 Å². The van der Waals surface area contributed by atoms with Crippen molar-refractivity contribution >= 4 is 5.69 Å². The van der Waals surface area contributed by atoms with E-state index in [9.17, 15) is 0 Å². The van der Waals surface area contributed by atoms with Gasteiger partial charge in [0.15, 0.2) is 0 Å². The van der Waals surface area contributed by atoms with Gasteiger partial charge >= 0.3 is 0 Å². The number of para-hydroxylation sites is 1. The van der Waals surface area contributed by atoms with Gasteiger partial charge in [0.2, 0.25) is 0 Å². The monoisotopic (exact) mass is 384 g/mol. The summed E-state index contributed by atoms with van der Waals surface area (Å²) < 4.78 is 0. The lowest BCUT2D eigenvalue weighted by Gasteiger charge is -2.33. The SMILES string of the molecule is CCCCCCCCCCCCCN1C=CN(c2ccccc2)C1CCCC. The Morgan fingerprint density at radius 2 is 1.21 bits per heavy atom. The molecule has 0 bridgehead atoms. The van der Waals surface area contributed by atoms with Gasteiger partial charge in [-0.1, -0.05) is 103 Å². The van der Waals surface area contributed by atoms with Crippen LogP contribution in [-0.4, -0.2) is 17.6 Å². The molecule has 0 saturated carbocycles. The molecule has 0 fully saturated rings. The molecule has 0 aromatic heterocycles. The van der Waals surface area contributed by atoms with Crippen molar-refractivity contribution in [3.63, 3.8) is 0 Å². The summed E-state index contributed by atoms with van der Waals surface area (Å²) in [6.45, 7) is 5.79. The minimum absolute atomic E-state index is 0.505. The Balaban J connectivity index is 1.61. The fourth-order valence-corrected chi connectivity index (χ4v) is 4.25. The molecule has 0 aliphatic carbocycles. The maximum atomic E-state index is 2.58. The molecule has 0 N–H and O–H groups in total. The van der Waals surface area contributed by atoms with E-state index < -0.39 is 0 Å². The number of benzene rings is 1. The molecule has 1 aliphatic rings. The van der Waals surface area contributed by atoms with Gasteiger partial charge in [-0.15, -0.1) is 0 Å². The number of hydrogen-bond acceptors (Lipinski definition) is 2. The van der Waals surface area contributed by atoms with Gasteiger partial charge in [-0.3, -0.25) is 0 Å². The maximum Gasteiger partial charge on any atom is 0.105 e. The number of unbranched alkanes of at least 4 members (excludes halogenated alkanes) is 11. The third kappa shape index (κ3) is 8.29. The summed E-state index contributed by atoms with van der Waals surface area (Å²) in [7, 11) is 0. The van der Waals surface area contributed by atoms with Crippen LogP contribution in [0.4, 0.5) is 5.69 Å². The van der Waals surface area contributed by atoms with Gasteiger partial charge in [-0.25, -0.2) is 0 Å². The van der Waals surface area contributed by atoms with E-state index in [0.29, 0.717) is 6.17 Å². The van der Waals surface area contributed by atoms with Gasteiger partial charge < -0.3 is 9.80 Å². The van der Waals surface area contributed by atoms with Crippen molar-refractivity contribution < 1.29 is 0 Å². The molecule has 1 aliphatic heterocycles. The van der Waals surface area contributed by atoms with Crippen LogP contribution < -0.4 is 4.90 Å². The molecule has 2 nitrogen and oxygen atoms in total. The molecule has 1 aromatic carbocycles. The Kier molecular flexibility index (Phi) is 11.9. The molecule has 0 saturated heterocycles. The Bertz CT molecular complexity index is 510. The Morgan fingerprint density at radius 1 is 0.643 bits per heavy atom. The second kappa shape index (κ2) is 14.5. The van der Waals surface area contributed by atoms with Crippen LogP contribution in [0.1, 0.15) is 104 Å². The third-order valence-corrected chi connectivity index (χ3v) is 6.01. The first-order valence-corrected chi connectivity index (χ1v) is 12.1. The van der Waals surface area contributed by atoms with Crippen molar-refractivity contribution in [2.24, 2.45) is 0 Å². The largest absolute Gasteiger partial charge is 0.356 e. The first-order chi connectivity index (χ1) is 13.9. The van der Waals surface area contributed by atoms with Crippen LogP contribution in [0.5, 0.6) is 0 Å². The Morgan fingerprint density at radius 3 is 1.82 bits per heavy atom. The van der Waals surface area contributed by atoms with Crippen LogP contribution in [0.15, 0.2) is 42.7 Å². The predicted molar refractivity (Wildman–Crippen MR) is 125 cm³/mol. The molecule has 1 atom stereocenters. The van der Waals surface area contributed by atoms with Gasteiger partial charge in [0.25, 0.3) is 0 Å². The van der Waals surface area contributed by atoms with E-state index >= 15 is 0 Å². The summed E-state index contributed by atoms with van der Waals surface area (Å²) in [6, 6.07) is 10.9. The van der Waals surface area contributed by atoms with Crippen molar-refractivity contribution in [1.29, 1.82) is 0 Å². The zero-order valence-corrected chi connectivity index (χ0v) is 18.6. The number of anilines is 1. The zero-order valence-electron chi connectivity index (χ0n) is 18.6. The highest BCUT2D eigenvalue weighted by atomic mass is 15.4. The second-order valence-electron chi connectivity index (χ2n) is 8.44. The lowest BCUT2D eigenvalue weighted by Crippen LogP contribution is -2.39. The van der Waals surface area contributed by atoms with Crippen LogP contribution in [0.3, 0.4) is 0 Å². The van der Waals surface area contributed by atoms with Crippen molar-refractivity contribution in [3.05, 3.63) is 42.7 Å². The second-order valence-corrected chi connectivity index (χ2v) is 8.44. The Hall–Kier alpha value is -1.44. The van der Waals surface area contributed by atoms with Gasteiger partial charge in [0, 0.05) is 24.6 Å². The first-order valence-electron chi connectivity index (χ1n) is 12.1. The molecular weight excluding hydrogens is 340 g/mol. The van der Waals surface area contributed by atoms with Crippen molar-refractivity contribution in [3.8, 4) is 0 Å². The summed E-state index contributed by atoms with van der Waals surface area (Å²) in [5, 5.41) is 0. The number of nitrogens with zero attached hydrogens (tertiary/aromatic N) is 2. The highest BCUT2D eigenvalue weighted by molar-refractivity contribution is 5.51. The van der Waals surface area contributed by atoms with E-state index in [-0.39, 0.29) is 0 Å². The van der Waals surface area contributed by atoms with Gasteiger partial charge in [-0.05, 0) is 31.4 Å². The lowest BCUT2D eigenvalue weighted by atomic mass is 10.1. The van der Waals surface area contributed by atoms with Crippen LogP contribution in [0.25, 0.3) is 0 Å². The molecule has 1 aromatic rings. The van der Waals surface area contributed by atoms with E-state index in [2.05, 4.69) is 66.4 Å². The molecule has 2 rings (SSSR count). The number of hydrogen-bond donors (Lipinski definition) is 0. The Labute approximate surface area is 175 Å². The van der Waals surface area contributed by atoms with Gasteiger partial charge in [0.1, 0.15) is 6.17 Å². The summed E-state index contributed by atoms with van der Waals surface area (Å²) in [5.41, 5.74) is 1.32. The topological polar surface area (TPSA) is 6.48 Å². The van der Waals surface area contributed by atoms with Crippen molar-refractivity contribution in [2.75, 3.05) is 11.4 Å². The molecule has 0 radical (unpaired) electrons. The molecular formula is C26H44N2. The van der Waals surface area contributed by atoms with E-state index in [0.717, 1.165) is 0 Å². The van der Waals surface area contributed by atoms with Crippen molar-refractivity contribution in [1.82, 2.24) is 4.90 Å². The molecule has 1 unspecified atom stereocenters. The van der Waals surface area contributed by atoms with E-state index in [1.807, 2.05) is 0 Å². The predicted octanol–water partition coefficient (Wildman–Crippen LogP) is 8.11. The van der Waals surface area contributed by atoms with Crippen molar-refractivity contribution in [2.45, 2.75) is 110 Å². The quantitative estimate of drug-likeness (QED) is 0.266. The van der Waals surface area contributed by atoms with Crippen LogP contribution in [0.2, 0.25) is 0 Å². The normalized spacial score (nSPS) is 16.3. The molecule has 0 spiro atoms. The summed E-state index contributed by atoms with van der Waals surface area (Å²) >= 11 is 0. The van der Waals surface area contributed by atoms with E-state index in [1.54, 1.807) is 0 Å². The minimum Gasteiger partial charge on any atom is -0.356 e. The highest BCUT2D eigenvalue weighted by Gasteiger charge is 2.26. The summed E-state index contributed by atoms with van der Waals surface area (Å²) in [4.78, 5) is 5.05. The average molecular weight is 385 g/mol. The highest BCUT2D eigenvalue weighted by Crippen LogP contribution is 2.27. The smallest absolute Gasteiger partial charge is 0.105 e. The standard InChI is InChI=1S/C26H44N2/c1-3-5-7-8-9-10-11-12-13-14-18-22-27-23-24-28(26(27)21-6-4-2)25-19-16-15-17-20-25/h15-17,19-20,23-24,26H,3-14,18,21-22H2,1-2H3. The fourth-order valence-electron chi connectivity index (χ4n) is 4.25. The fraction of sp³-hybridized carbons (Fsp3) is 0.692. The lowest BCUT2D eigenvalue weighted by molar-refractivity contribution is 0.274. The summed E-state index contributed by atoms with van der Waals surface area (Å²) in [6.07, 6.45) is 24.5. The third-order valence-electron chi connectivity index (χ3n) is 6.01. The van der Waals surface area contributed by atoms with E-state index in [1.165, 1.54) is 102 Å².